The number of aromatic nitrogens is 2. The molecule has 3 aromatic rings. The van der Waals surface area contributed by atoms with E-state index < -0.39 is 11.9 Å². The molecule has 8 nitrogen and oxygen atoms in total. The number of methoxy groups -OCH3 is 2. The molecule has 1 aromatic heterocycles. The Morgan fingerprint density at radius 1 is 0.964 bits per heavy atom. The summed E-state index contributed by atoms with van der Waals surface area (Å²) in [6.45, 7) is 0. The van der Waals surface area contributed by atoms with Crippen molar-refractivity contribution in [1.82, 2.24) is 9.97 Å². The number of nitrogens with one attached hydrogen (secondary N) is 2. The number of anilines is 3. The first kappa shape index (κ1) is 18.8. The van der Waals surface area contributed by atoms with Crippen LogP contribution in [0.25, 0.3) is 0 Å². The summed E-state index contributed by atoms with van der Waals surface area (Å²) in [4.78, 5) is 32.4. The van der Waals surface area contributed by atoms with E-state index in [2.05, 4.69) is 20.6 Å². The minimum absolute atomic E-state index is 0.170. The zero-order chi connectivity index (χ0) is 19.9. The minimum Gasteiger partial charge on any atom is -0.497 e. The normalized spacial score (nSPS) is 10.1. The summed E-state index contributed by atoms with van der Waals surface area (Å²) in [5.74, 6) is 0.188. The average molecular weight is 378 g/mol. The van der Waals surface area contributed by atoms with Crippen molar-refractivity contribution < 1.29 is 19.1 Å². The van der Waals surface area contributed by atoms with Gasteiger partial charge in [0.15, 0.2) is 0 Å². The molecule has 0 saturated carbocycles. The lowest BCUT2D eigenvalue weighted by Gasteiger charge is -2.11. The van der Waals surface area contributed by atoms with Crippen LogP contribution in [0.15, 0.2) is 60.9 Å². The van der Waals surface area contributed by atoms with E-state index in [0.717, 1.165) is 0 Å². The molecule has 8 heteroatoms. The van der Waals surface area contributed by atoms with Gasteiger partial charge in [0.1, 0.15) is 23.6 Å². The van der Waals surface area contributed by atoms with Gasteiger partial charge in [0.05, 0.1) is 25.5 Å². The molecule has 2 aromatic carbocycles. The summed E-state index contributed by atoms with van der Waals surface area (Å²) in [6.07, 6.45) is 1.27. The Bertz CT molecular complexity index is 990. The first-order valence-corrected chi connectivity index (χ1v) is 8.32. The number of benzene rings is 2. The Balaban J connectivity index is 1.77. The van der Waals surface area contributed by atoms with E-state index in [0.29, 0.717) is 28.5 Å². The summed E-state index contributed by atoms with van der Waals surface area (Å²) in [5, 5.41) is 5.77. The number of esters is 1. The van der Waals surface area contributed by atoms with E-state index in [9.17, 15) is 9.59 Å². The maximum atomic E-state index is 12.5. The van der Waals surface area contributed by atoms with Gasteiger partial charge in [0.25, 0.3) is 5.91 Å². The lowest BCUT2D eigenvalue weighted by atomic mass is 10.2. The Morgan fingerprint density at radius 3 is 2.43 bits per heavy atom. The van der Waals surface area contributed by atoms with Crippen LogP contribution in [0, 0.1) is 0 Å². The van der Waals surface area contributed by atoms with Crippen LogP contribution in [0.3, 0.4) is 0 Å². The molecule has 0 unspecified atom stereocenters. The molecule has 2 N–H and O–H groups in total. The highest BCUT2D eigenvalue weighted by Crippen LogP contribution is 2.21. The standard InChI is InChI=1S/C20H18N4O4/c1-27-14-9-7-13(8-10-14)23-19(25)17-11-18(22-12-21-17)24-16-6-4-3-5-15(16)20(26)28-2/h3-12H,1-2H3,(H,23,25)(H,21,22,24). The van der Waals surface area contributed by atoms with Crippen LogP contribution in [0.4, 0.5) is 17.2 Å². The zero-order valence-electron chi connectivity index (χ0n) is 15.3. The van der Waals surface area contributed by atoms with Crippen molar-refractivity contribution in [1.29, 1.82) is 0 Å². The molecule has 0 radical (unpaired) electrons. The van der Waals surface area contributed by atoms with Crippen molar-refractivity contribution >= 4 is 29.1 Å². The third-order valence-corrected chi connectivity index (χ3v) is 3.84. The Hall–Kier alpha value is -3.94. The number of rotatable bonds is 6. The molecular formula is C20H18N4O4. The Kier molecular flexibility index (Phi) is 5.81. The predicted molar refractivity (Wildman–Crippen MR) is 104 cm³/mol. The van der Waals surface area contributed by atoms with Crippen molar-refractivity contribution in [3.8, 4) is 5.75 Å². The molecule has 1 heterocycles. The third-order valence-electron chi connectivity index (χ3n) is 3.84. The highest BCUT2D eigenvalue weighted by atomic mass is 16.5. The fourth-order valence-electron chi connectivity index (χ4n) is 2.44. The number of hydrogen-bond donors (Lipinski definition) is 2. The molecule has 0 spiro atoms. The van der Waals surface area contributed by atoms with Gasteiger partial charge < -0.3 is 20.1 Å². The number of nitrogens with zero attached hydrogens (tertiary/aromatic N) is 2. The van der Waals surface area contributed by atoms with E-state index in [-0.39, 0.29) is 5.69 Å². The molecule has 28 heavy (non-hydrogen) atoms. The van der Waals surface area contributed by atoms with Crippen molar-refractivity contribution in [3.05, 3.63) is 72.2 Å². The first-order chi connectivity index (χ1) is 13.6. The lowest BCUT2D eigenvalue weighted by molar-refractivity contribution is 0.0601. The van der Waals surface area contributed by atoms with Gasteiger partial charge in [-0.05, 0) is 36.4 Å². The largest absolute Gasteiger partial charge is 0.497 e. The van der Waals surface area contributed by atoms with Crippen LogP contribution in [-0.2, 0) is 4.74 Å². The number of amides is 1. The van der Waals surface area contributed by atoms with E-state index >= 15 is 0 Å². The van der Waals surface area contributed by atoms with Crippen LogP contribution in [-0.4, -0.2) is 36.1 Å². The second kappa shape index (κ2) is 8.63. The number of carbonyl (C=O) groups is 2. The average Bonchev–Trinajstić information content (AvgIpc) is 2.74. The topological polar surface area (TPSA) is 102 Å². The number of carbonyl (C=O) groups excluding carboxylic acids is 2. The van der Waals surface area contributed by atoms with Gasteiger partial charge in [-0.1, -0.05) is 12.1 Å². The van der Waals surface area contributed by atoms with Gasteiger partial charge in [0.2, 0.25) is 0 Å². The summed E-state index contributed by atoms with van der Waals surface area (Å²) in [7, 11) is 2.88. The first-order valence-electron chi connectivity index (χ1n) is 8.32. The smallest absolute Gasteiger partial charge is 0.339 e. The van der Waals surface area contributed by atoms with Gasteiger partial charge in [0, 0.05) is 11.8 Å². The molecule has 0 atom stereocenters. The zero-order valence-corrected chi connectivity index (χ0v) is 15.3. The SMILES string of the molecule is COC(=O)c1ccccc1Nc1cc(C(=O)Nc2ccc(OC)cc2)ncn1. The second-order valence-electron chi connectivity index (χ2n) is 5.63. The molecule has 0 aliphatic rings. The van der Waals surface area contributed by atoms with Crippen LogP contribution in [0.1, 0.15) is 20.8 Å². The third kappa shape index (κ3) is 4.42. The monoisotopic (exact) mass is 378 g/mol. The molecule has 1 amide bonds. The molecule has 0 aliphatic carbocycles. The van der Waals surface area contributed by atoms with Crippen LogP contribution in [0.5, 0.6) is 5.75 Å². The summed E-state index contributed by atoms with van der Waals surface area (Å²) in [5.41, 5.74) is 1.64. The van der Waals surface area contributed by atoms with Crippen molar-refractivity contribution in [3.63, 3.8) is 0 Å². The molecule has 3 rings (SSSR count). The van der Waals surface area contributed by atoms with Gasteiger partial charge in [-0.25, -0.2) is 14.8 Å². The van der Waals surface area contributed by atoms with E-state index in [1.165, 1.54) is 19.5 Å². The molecule has 142 valence electrons. The Labute approximate surface area is 161 Å². The lowest BCUT2D eigenvalue weighted by Crippen LogP contribution is -2.14. The quantitative estimate of drug-likeness (QED) is 0.635. The maximum Gasteiger partial charge on any atom is 0.339 e. The fourth-order valence-corrected chi connectivity index (χ4v) is 2.44. The number of ether oxygens (including phenoxy) is 2. The highest BCUT2D eigenvalue weighted by molar-refractivity contribution is 6.03. The highest BCUT2D eigenvalue weighted by Gasteiger charge is 2.13. The van der Waals surface area contributed by atoms with E-state index in [1.54, 1.807) is 55.6 Å². The minimum atomic E-state index is -0.477. The Morgan fingerprint density at radius 2 is 1.71 bits per heavy atom. The van der Waals surface area contributed by atoms with Gasteiger partial charge in [-0.3, -0.25) is 4.79 Å². The van der Waals surface area contributed by atoms with Gasteiger partial charge in [-0.2, -0.15) is 0 Å². The molecular weight excluding hydrogens is 360 g/mol. The summed E-state index contributed by atoms with van der Waals surface area (Å²) in [6, 6.07) is 15.3. The van der Waals surface area contributed by atoms with Gasteiger partial charge in [-0.15, -0.1) is 0 Å². The van der Waals surface area contributed by atoms with E-state index in [4.69, 9.17) is 9.47 Å². The molecule has 0 bridgehead atoms. The van der Waals surface area contributed by atoms with Crippen LogP contribution >= 0.6 is 0 Å². The van der Waals surface area contributed by atoms with Crippen LogP contribution < -0.4 is 15.4 Å². The predicted octanol–water partition coefficient (Wildman–Crippen LogP) is 3.27. The number of hydrogen-bond acceptors (Lipinski definition) is 7. The fraction of sp³-hybridized carbons (Fsp3) is 0.100. The van der Waals surface area contributed by atoms with Crippen molar-refractivity contribution in [2.45, 2.75) is 0 Å². The summed E-state index contributed by atoms with van der Waals surface area (Å²) < 4.78 is 9.87. The number of para-hydroxylation sites is 1. The van der Waals surface area contributed by atoms with Crippen molar-refractivity contribution in [2.75, 3.05) is 24.9 Å². The molecule has 0 aliphatic heterocycles. The van der Waals surface area contributed by atoms with Gasteiger partial charge >= 0.3 is 5.97 Å². The second-order valence-corrected chi connectivity index (χ2v) is 5.63. The van der Waals surface area contributed by atoms with Crippen molar-refractivity contribution in [2.24, 2.45) is 0 Å². The van der Waals surface area contributed by atoms with Crippen LogP contribution in [0.2, 0.25) is 0 Å². The van der Waals surface area contributed by atoms with E-state index in [1.807, 2.05) is 0 Å². The summed E-state index contributed by atoms with van der Waals surface area (Å²) >= 11 is 0. The molecule has 0 fully saturated rings. The maximum absolute atomic E-state index is 12.5. The molecule has 0 saturated heterocycles.